The van der Waals surface area contributed by atoms with E-state index in [0.29, 0.717) is 25.9 Å². The third-order valence-electron chi connectivity index (χ3n) is 3.99. The minimum Gasteiger partial charge on any atom is -0.354 e. The predicted molar refractivity (Wildman–Crippen MR) is 88.0 cm³/mol. The van der Waals surface area contributed by atoms with Crippen molar-refractivity contribution in [2.24, 2.45) is 0 Å². The molecule has 0 aliphatic carbocycles. The molecule has 7 nitrogen and oxygen atoms in total. The van der Waals surface area contributed by atoms with Gasteiger partial charge >= 0.3 is 0 Å². The van der Waals surface area contributed by atoms with E-state index in [-0.39, 0.29) is 18.2 Å². The molecule has 2 N–H and O–H groups in total. The number of nitrogens with zero attached hydrogens (tertiary/aromatic N) is 3. The van der Waals surface area contributed by atoms with Crippen molar-refractivity contribution in [1.29, 1.82) is 0 Å². The van der Waals surface area contributed by atoms with Gasteiger partial charge in [-0.2, -0.15) is 0 Å². The minimum atomic E-state index is -0.561. The van der Waals surface area contributed by atoms with Crippen LogP contribution in [0.5, 0.6) is 0 Å². The summed E-state index contributed by atoms with van der Waals surface area (Å²) in [5.41, 5.74) is 1.81. The first-order chi connectivity index (χ1) is 11.7. The van der Waals surface area contributed by atoms with Crippen molar-refractivity contribution >= 4 is 11.8 Å². The van der Waals surface area contributed by atoms with Crippen LogP contribution in [0.4, 0.5) is 0 Å². The van der Waals surface area contributed by atoms with Crippen LogP contribution in [0.25, 0.3) is 0 Å². The standard InChI is InChI=1S/C17H21N5O2/c23-16-8-7-14-12-22(21-20-14)10-4-9-18-17(24)15(19-16)11-13-5-2-1-3-6-13/h1-3,5-6,12,15H,4,7-11H2,(H,18,24)(H,19,23)/t15-/m0/s1. The molecule has 2 bridgehead atoms. The number of fused-ring (bicyclic) bond motifs is 2. The van der Waals surface area contributed by atoms with Crippen LogP contribution in [0.3, 0.4) is 0 Å². The van der Waals surface area contributed by atoms with Crippen LogP contribution >= 0.6 is 0 Å². The molecule has 126 valence electrons. The number of carbonyl (C=O) groups excluding carboxylic acids is 2. The number of hydrogen-bond donors (Lipinski definition) is 2. The zero-order valence-electron chi connectivity index (χ0n) is 13.4. The van der Waals surface area contributed by atoms with Gasteiger partial charge in [-0.3, -0.25) is 14.3 Å². The Morgan fingerprint density at radius 3 is 2.83 bits per heavy atom. The van der Waals surface area contributed by atoms with Crippen molar-refractivity contribution in [3.05, 3.63) is 47.8 Å². The van der Waals surface area contributed by atoms with Crippen LogP contribution in [-0.2, 0) is 29.0 Å². The van der Waals surface area contributed by atoms with Crippen molar-refractivity contribution in [2.45, 2.75) is 38.3 Å². The fourth-order valence-corrected chi connectivity index (χ4v) is 2.71. The third-order valence-corrected chi connectivity index (χ3v) is 3.99. The van der Waals surface area contributed by atoms with E-state index in [2.05, 4.69) is 20.9 Å². The molecule has 0 radical (unpaired) electrons. The molecule has 2 aromatic rings. The van der Waals surface area contributed by atoms with Crippen LogP contribution < -0.4 is 10.6 Å². The largest absolute Gasteiger partial charge is 0.354 e. The molecule has 1 atom stereocenters. The molecule has 1 aliphatic rings. The Balaban J connectivity index is 1.70. The molecule has 1 aromatic heterocycles. The lowest BCUT2D eigenvalue weighted by Gasteiger charge is -2.18. The molecule has 2 heterocycles. The normalized spacial score (nSPS) is 19.4. The molecule has 0 saturated carbocycles. The summed E-state index contributed by atoms with van der Waals surface area (Å²) in [6, 6.07) is 9.14. The number of aromatic nitrogens is 3. The molecule has 1 aliphatic heterocycles. The molecule has 0 fully saturated rings. The van der Waals surface area contributed by atoms with Crippen LogP contribution in [0, 0.1) is 0 Å². The fourth-order valence-electron chi connectivity index (χ4n) is 2.71. The van der Waals surface area contributed by atoms with Gasteiger partial charge in [0.25, 0.3) is 0 Å². The number of carbonyl (C=O) groups is 2. The number of benzene rings is 1. The van der Waals surface area contributed by atoms with E-state index in [9.17, 15) is 9.59 Å². The van der Waals surface area contributed by atoms with Gasteiger partial charge in [-0.1, -0.05) is 35.5 Å². The number of amides is 2. The summed E-state index contributed by atoms with van der Waals surface area (Å²) < 4.78 is 1.75. The maximum absolute atomic E-state index is 12.4. The first kappa shape index (κ1) is 16.2. The summed E-state index contributed by atoms with van der Waals surface area (Å²) in [6.07, 6.45) is 3.91. The van der Waals surface area contributed by atoms with Gasteiger partial charge in [0.15, 0.2) is 0 Å². The topological polar surface area (TPSA) is 88.9 Å². The zero-order chi connectivity index (χ0) is 16.8. The highest BCUT2D eigenvalue weighted by Gasteiger charge is 2.21. The monoisotopic (exact) mass is 327 g/mol. The van der Waals surface area contributed by atoms with E-state index in [1.807, 2.05) is 36.5 Å². The predicted octanol–water partition coefficient (Wildman–Crippen LogP) is 0.458. The second kappa shape index (κ2) is 7.72. The first-order valence-electron chi connectivity index (χ1n) is 8.21. The Morgan fingerprint density at radius 2 is 2.00 bits per heavy atom. The summed E-state index contributed by atoms with van der Waals surface area (Å²) in [4.78, 5) is 24.6. The maximum atomic E-state index is 12.4. The Kier molecular flexibility index (Phi) is 5.20. The van der Waals surface area contributed by atoms with Crippen LogP contribution in [-0.4, -0.2) is 39.4 Å². The van der Waals surface area contributed by atoms with Gasteiger partial charge in [-0.15, -0.1) is 5.10 Å². The van der Waals surface area contributed by atoms with Gasteiger partial charge < -0.3 is 10.6 Å². The molecular formula is C17H21N5O2. The summed E-state index contributed by atoms with van der Waals surface area (Å²) in [5.74, 6) is -0.301. The Morgan fingerprint density at radius 1 is 1.17 bits per heavy atom. The minimum absolute atomic E-state index is 0.148. The van der Waals surface area contributed by atoms with Gasteiger partial charge in [-0.25, -0.2) is 0 Å². The summed E-state index contributed by atoms with van der Waals surface area (Å²) in [7, 11) is 0. The van der Waals surface area contributed by atoms with Crippen molar-refractivity contribution < 1.29 is 9.59 Å². The number of rotatable bonds is 2. The molecule has 24 heavy (non-hydrogen) atoms. The van der Waals surface area contributed by atoms with Gasteiger partial charge in [0.2, 0.25) is 11.8 Å². The molecule has 0 unspecified atom stereocenters. The van der Waals surface area contributed by atoms with Crippen LogP contribution in [0.2, 0.25) is 0 Å². The van der Waals surface area contributed by atoms with Gasteiger partial charge in [0.05, 0.1) is 5.69 Å². The van der Waals surface area contributed by atoms with E-state index < -0.39 is 6.04 Å². The molecular weight excluding hydrogens is 306 g/mol. The van der Waals surface area contributed by atoms with E-state index in [4.69, 9.17) is 0 Å². The third kappa shape index (κ3) is 4.41. The lowest BCUT2D eigenvalue weighted by atomic mass is 10.0. The number of hydrogen-bond acceptors (Lipinski definition) is 4. The van der Waals surface area contributed by atoms with Crippen molar-refractivity contribution in [3.8, 4) is 0 Å². The summed E-state index contributed by atoms with van der Waals surface area (Å²) >= 11 is 0. The number of nitrogens with one attached hydrogen (secondary N) is 2. The summed E-state index contributed by atoms with van der Waals surface area (Å²) in [6.45, 7) is 1.23. The van der Waals surface area contributed by atoms with Crippen molar-refractivity contribution in [1.82, 2.24) is 25.6 Å². The highest BCUT2D eigenvalue weighted by Crippen LogP contribution is 2.06. The van der Waals surface area contributed by atoms with Crippen LogP contribution in [0.15, 0.2) is 36.5 Å². The molecule has 3 rings (SSSR count). The summed E-state index contributed by atoms with van der Waals surface area (Å²) in [5, 5.41) is 13.8. The van der Waals surface area contributed by atoms with Crippen LogP contribution in [0.1, 0.15) is 24.1 Å². The Labute approximate surface area is 140 Å². The van der Waals surface area contributed by atoms with Crippen molar-refractivity contribution in [3.63, 3.8) is 0 Å². The second-order valence-corrected chi connectivity index (χ2v) is 5.93. The molecule has 1 aromatic carbocycles. The second-order valence-electron chi connectivity index (χ2n) is 5.93. The molecule has 2 amide bonds. The average molecular weight is 327 g/mol. The molecule has 7 heteroatoms. The number of aryl methyl sites for hydroxylation is 2. The van der Waals surface area contributed by atoms with Crippen molar-refractivity contribution in [2.75, 3.05) is 6.54 Å². The van der Waals surface area contributed by atoms with E-state index >= 15 is 0 Å². The highest BCUT2D eigenvalue weighted by molar-refractivity contribution is 5.87. The highest BCUT2D eigenvalue weighted by atomic mass is 16.2. The quantitative estimate of drug-likeness (QED) is 0.838. The Hall–Kier alpha value is -2.70. The fraction of sp³-hybridized carbons (Fsp3) is 0.412. The zero-order valence-corrected chi connectivity index (χ0v) is 13.4. The van der Waals surface area contributed by atoms with E-state index in [1.165, 1.54) is 0 Å². The lowest BCUT2D eigenvalue weighted by molar-refractivity contribution is -0.129. The average Bonchev–Trinajstić information content (AvgIpc) is 3.04. The first-order valence-corrected chi connectivity index (χ1v) is 8.21. The maximum Gasteiger partial charge on any atom is 0.242 e. The smallest absolute Gasteiger partial charge is 0.242 e. The van der Waals surface area contributed by atoms with E-state index in [0.717, 1.165) is 17.7 Å². The molecule has 0 spiro atoms. The SMILES string of the molecule is O=C1CCc2cn(nn2)CCCNC(=O)[C@H](Cc2ccccc2)N1. The van der Waals surface area contributed by atoms with Gasteiger partial charge in [0, 0.05) is 38.5 Å². The van der Waals surface area contributed by atoms with Gasteiger partial charge in [-0.05, 0) is 12.0 Å². The van der Waals surface area contributed by atoms with E-state index in [1.54, 1.807) is 4.68 Å². The molecule has 0 saturated heterocycles. The Bertz CT molecular complexity index is 698. The van der Waals surface area contributed by atoms with Gasteiger partial charge in [0.1, 0.15) is 6.04 Å². The lowest BCUT2D eigenvalue weighted by Crippen LogP contribution is -2.48.